The number of rotatable bonds is 2. The van der Waals surface area contributed by atoms with Crippen LogP contribution in [0.4, 0.5) is 13.2 Å². The van der Waals surface area contributed by atoms with Crippen LogP contribution in [-0.2, 0) is 6.18 Å². The molecule has 0 aliphatic carbocycles. The van der Waals surface area contributed by atoms with Gasteiger partial charge >= 0.3 is 6.18 Å². The molecule has 0 bridgehead atoms. The van der Waals surface area contributed by atoms with E-state index in [2.05, 4.69) is 4.98 Å². The Morgan fingerprint density at radius 1 is 1.09 bits per heavy atom. The summed E-state index contributed by atoms with van der Waals surface area (Å²) in [6.07, 6.45) is -3.06. The number of nitrogens with zero attached hydrogens (tertiary/aromatic N) is 2. The number of hydrogen-bond donors (Lipinski definition) is 0. The van der Waals surface area contributed by atoms with Gasteiger partial charge in [0.15, 0.2) is 10.9 Å². The van der Waals surface area contributed by atoms with E-state index >= 15 is 0 Å². The highest BCUT2D eigenvalue weighted by Gasteiger charge is 2.34. The summed E-state index contributed by atoms with van der Waals surface area (Å²) in [5.41, 5.74) is -1.42. The van der Waals surface area contributed by atoms with Crippen LogP contribution in [0.1, 0.15) is 5.69 Å². The number of thioether (sulfide) groups is 1. The molecule has 0 saturated heterocycles. The smallest absolute Gasteiger partial charge is 0.269 e. The Balaban J connectivity index is 2.33. The molecule has 1 heterocycles. The SMILES string of the molecule is CSc1nc(C(F)(F)F)cc(=O)n1-c1cccc2ccccc12. The molecule has 3 nitrogen and oxygen atoms in total. The van der Waals surface area contributed by atoms with Gasteiger partial charge in [0.05, 0.1) is 5.69 Å². The van der Waals surface area contributed by atoms with Crippen LogP contribution < -0.4 is 5.56 Å². The summed E-state index contributed by atoms with van der Waals surface area (Å²) in [5, 5.41) is 1.67. The van der Waals surface area contributed by atoms with Crippen molar-refractivity contribution in [1.82, 2.24) is 9.55 Å². The van der Waals surface area contributed by atoms with Crippen LogP contribution in [-0.4, -0.2) is 15.8 Å². The summed E-state index contributed by atoms with van der Waals surface area (Å²) < 4.78 is 39.8. The molecule has 7 heteroatoms. The van der Waals surface area contributed by atoms with Crippen LogP contribution in [0.3, 0.4) is 0 Å². The molecule has 2 aromatic carbocycles. The van der Waals surface area contributed by atoms with Crippen LogP contribution in [0, 0.1) is 0 Å². The van der Waals surface area contributed by atoms with Crippen LogP contribution >= 0.6 is 11.8 Å². The monoisotopic (exact) mass is 336 g/mol. The van der Waals surface area contributed by atoms with E-state index in [4.69, 9.17) is 0 Å². The van der Waals surface area contributed by atoms with E-state index in [9.17, 15) is 18.0 Å². The van der Waals surface area contributed by atoms with Gasteiger partial charge < -0.3 is 0 Å². The molecule has 0 spiro atoms. The van der Waals surface area contributed by atoms with Gasteiger partial charge in [0, 0.05) is 11.5 Å². The first-order valence-electron chi connectivity index (χ1n) is 6.65. The molecule has 23 heavy (non-hydrogen) atoms. The van der Waals surface area contributed by atoms with Crippen molar-refractivity contribution in [2.75, 3.05) is 6.26 Å². The fraction of sp³-hybridized carbons (Fsp3) is 0.125. The lowest BCUT2D eigenvalue weighted by Gasteiger charge is -2.15. The molecule has 0 fully saturated rings. The lowest BCUT2D eigenvalue weighted by molar-refractivity contribution is -0.141. The minimum absolute atomic E-state index is 0.00109. The number of aromatic nitrogens is 2. The molecule has 1 aromatic heterocycles. The summed E-state index contributed by atoms with van der Waals surface area (Å²) in [5.74, 6) is 0. The highest BCUT2D eigenvalue weighted by Crippen LogP contribution is 2.29. The third kappa shape index (κ3) is 2.84. The quantitative estimate of drug-likeness (QED) is 0.521. The molecule has 0 amide bonds. The second kappa shape index (κ2) is 5.73. The second-order valence-corrected chi connectivity index (χ2v) is 5.57. The molecular weight excluding hydrogens is 325 g/mol. The third-order valence-electron chi connectivity index (χ3n) is 3.37. The average molecular weight is 336 g/mol. The van der Waals surface area contributed by atoms with Crippen LogP contribution in [0.5, 0.6) is 0 Å². The van der Waals surface area contributed by atoms with E-state index in [1.165, 1.54) is 4.57 Å². The lowest BCUT2D eigenvalue weighted by atomic mass is 10.1. The van der Waals surface area contributed by atoms with Crippen molar-refractivity contribution in [1.29, 1.82) is 0 Å². The zero-order valence-corrected chi connectivity index (χ0v) is 12.8. The summed E-state index contributed by atoms with van der Waals surface area (Å²) in [7, 11) is 0. The Morgan fingerprint density at radius 3 is 2.48 bits per heavy atom. The van der Waals surface area contributed by atoms with Crippen LogP contribution in [0.15, 0.2) is 58.5 Å². The Morgan fingerprint density at radius 2 is 1.78 bits per heavy atom. The molecular formula is C16H11F3N2OS. The summed E-state index contributed by atoms with van der Waals surface area (Å²) in [6.45, 7) is 0. The van der Waals surface area contributed by atoms with E-state index in [1.54, 1.807) is 18.4 Å². The topological polar surface area (TPSA) is 34.9 Å². The van der Waals surface area contributed by atoms with Gasteiger partial charge in [0.25, 0.3) is 5.56 Å². The fourth-order valence-electron chi connectivity index (χ4n) is 2.37. The third-order valence-corrected chi connectivity index (χ3v) is 4.01. The summed E-state index contributed by atoms with van der Waals surface area (Å²) >= 11 is 0.995. The maximum Gasteiger partial charge on any atom is 0.433 e. The molecule has 0 unspecified atom stereocenters. The van der Waals surface area contributed by atoms with Crippen molar-refractivity contribution in [3.8, 4) is 5.69 Å². The van der Waals surface area contributed by atoms with Crippen molar-refractivity contribution in [2.24, 2.45) is 0 Å². The van der Waals surface area contributed by atoms with Crippen LogP contribution in [0.2, 0.25) is 0 Å². The molecule has 3 aromatic rings. The Kier molecular flexibility index (Phi) is 3.89. The predicted molar refractivity (Wildman–Crippen MR) is 84.1 cm³/mol. The van der Waals surface area contributed by atoms with Crippen molar-refractivity contribution >= 4 is 22.5 Å². The van der Waals surface area contributed by atoms with Gasteiger partial charge in [-0.05, 0) is 17.7 Å². The van der Waals surface area contributed by atoms with Crippen molar-refractivity contribution < 1.29 is 13.2 Å². The molecule has 0 radical (unpaired) electrons. The van der Waals surface area contributed by atoms with Gasteiger partial charge in [-0.3, -0.25) is 9.36 Å². The van der Waals surface area contributed by atoms with Gasteiger partial charge in [-0.2, -0.15) is 13.2 Å². The summed E-state index contributed by atoms with van der Waals surface area (Å²) in [6, 6.07) is 13.2. The maximum atomic E-state index is 12.9. The van der Waals surface area contributed by atoms with E-state index in [-0.39, 0.29) is 5.16 Å². The Labute approximate surface area is 133 Å². The average Bonchev–Trinajstić information content (AvgIpc) is 2.53. The standard InChI is InChI=1S/C16H11F3N2OS/c1-23-15-20-13(16(17,18)19)9-14(22)21(15)12-8-4-6-10-5-2-3-7-11(10)12/h2-9H,1H3. The van der Waals surface area contributed by atoms with Gasteiger partial charge in [0.2, 0.25) is 0 Å². The molecule has 3 rings (SSSR count). The summed E-state index contributed by atoms with van der Waals surface area (Å²) in [4.78, 5) is 15.9. The van der Waals surface area contributed by atoms with Crippen molar-refractivity contribution in [3.05, 3.63) is 64.6 Å². The Bertz CT molecular complexity index is 929. The van der Waals surface area contributed by atoms with Gasteiger partial charge in [-0.25, -0.2) is 4.98 Å². The highest BCUT2D eigenvalue weighted by molar-refractivity contribution is 7.98. The maximum absolute atomic E-state index is 12.9. The minimum Gasteiger partial charge on any atom is -0.269 e. The van der Waals surface area contributed by atoms with Gasteiger partial charge in [-0.15, -0.1) is 0 Å². The van der Waals surface area contributed by atoms with Gasteiger partial charge in [0.1, 0.15) is 0 Å². The molecule has 0 atom stereocenters. The molecule has 0 N–H and O–H groups in total. The van der Waals surface area contributed by atoms with Crippen LogP contribution in [0.25, 0.3) is 16.5 Å². The molecule has 0 aliphatic heterocycles. The normalized spacial score (nSPS) is 11.8. The first-order valence-corrected chi connectivity index (χ1v) is 7.87. The number of hydrogen-bond acceptors (Lipinski definition) is 3. The zero-order chi connectivity index (χ0) is 16.6. The van der Waals surface area contributed by atoms with E-state index in [1.807, 2.05) is 30.3 Å². The largest absolute Gasteiger partial charge is 0.433 e. The number of fused-ring (bicyclic) bond motifs is 1. The first-order chi connectivity index (χ1) is 10.9. The number of halogens is 3. The zero-order valence-electron chi connectivity index (χ0n) is 12.0. The Hall–Kier alpha value is -2.28. The van der Waals surface area contributed by atoms with E-state index < -0.39 is 17.4 Å². The first kappa shape index (κ1) is 15.6. The van der Waals surface area contributed by atoms with Crippen molar-refractivity contribution in [2.45, 2.75) is 11.3 Å². The van der Waals surface area contributed by atoms with Crippen molar-refractivity contribution in [3.63, 3.8) is 0 Å². The van der Waals surface area contributed by atoms with Gasteiger partial charge in [-0.1, -0.05) is 48.2 Å². The molecule has 0 saturated carbocycles. The molecule has 118 valence electrons. The fourth-order valence-corrected chi connectivity index (χ4v) is 2.93. The number of benzene rings is 2. The van der Waals surface area contributed by atoms with E-state index in [0.717, 1.165) is 22.5 Å². The minimum atomic E-state index is -4.65. The lowest BCUT2D eigenvalue weighted by Crippen LogP contribution is -2.24. The molecule has 0 aliphatic rings. The highest BCUT2D eigenvalue weighted by atomic mass is 32.2. The number of alkyl halides is 3. The predicted octanol–water partition coefficient (Wildman–Crippen LogP) is 4.13. The van der Waals surface area contributed by atoms with E-state index in [0.29, 0.717) is 11.8 Å². The second-order valence-electron chi connectivity index (χ2n) is 4.80.